The van der Waals surface area contributed by atoms with Crippen LogP contribution in [-0.4, -0.2) is 27.7 Å². The Morgan fingerprint density at radius 1 is 1.21 bits per heavy atom. The first-order chi connectivity index (χ1) is 9.13. The summed E-state index contributed by atoms with van der Waals surface area (Å²) in [7, 11) is 5.89. The molecule has 3 nitrogen and oxygen atoms in total. The molecule has 2 N–H and O–H groups in total. The highest BCUT2D eigenvalue weighted by atomic mass is 16.5. The van der Waals surface area contributed by atoms with Gasteiger partial charge in [-0.15, -0.1) is 0 Å². The molecule has 0 aliphatic heterocycles. The van der Waals surface area contributed by atoms with Crippen LogP contribution in [-0.2, 0) is 5.41 Å². The van der Waals surface area contributed by atoms with E-state index < -0.39 is 0 Å². The molecule has 19 heavy (non-hydrogen) atoms. The van der Waals surface area contributed by atoms with E-state index >= 15 is 0 Å². The third kappa shape index (κ3) is 2.71. The molecular weight excluding hydrogens is 236 g/mol. The van der Waals surface area contributed by atoms with Crippen LogP contribution < -0.4 is 15.4 Å². The van der Waals surface area contributed by atoms with Gasteiger partial charge in [-0.1, -0.05) is 19.3 Å². The van der Waals surface area contributed by atoms with Crippen molar-refractivity contribution in [2.75, 3.05) is 32.6 Å². The Kier molecular flexibility index (Phi) is 4.35. The molecule has 0 saturated heterocycles. The van der Waals surface area contributed by atoms with E-state index in [0.29, 0.717) is 6.54 Å². The molecule has 0 heterocycles. The second-order valence-electron chi connectivity index (χ2n) is 5.82. The second kappa shape index (κ2) is 5.83. The molecule has 0 bridgehead atoms. The Balaban J connectivity index is 2.47. The van der Waals surface area contributed by atoms with E-state index in [1.807, 2.05) is 0 Å². The normalized spacial score (nSPS) is 18.1. The molecule has 0 atom stereocenters. The first-order valence-corrected chi connectivity index (χ1v) is 7.19. The van der Waals surface area contributed by atoms with Gasteiger partial charge in [-0.3, -0.25) is 0 Å². The van der Waals surface area contributed by atoms with Crippen molar-refractivity contribution in [3.63, 3.8) is 0 Å². The van der Waals surface area contributed by atoms with Crippen LogP contribution >= 0.6 is 0 Å². The van der Waals surface area contributed by atoms with Crippen molar-refractivity contribution in [3.8, 4) is 5.75 Å². The molecule has 1 saturated carbocycles. The van der Waals surface area contributed by atoms with E-state index in [1.54, 1.807) is 7.11 Å². The zero-order chi connectivity index (χ0) is 13.9. The van der Waals surface area contributed by atoms with Crippen LogP contribution in [0.2, 0.25) is 0 Å². The number of rotatable bonds is 4. The molecule has 3 heteroatoms. The summed E-state index contributed by atoms with van der Waals surface area (Å²) in [5, 5.41) is 0. The van der Waals surface area contributed by atoms with Crippen molar-refractivity contribution in [2.24, 2.45) is 5.73 Å². The maximum absolute atomic E-state index is 6.15. The van der Waals surface area contributed by atoms with E-state index in [-0.39, 0.29) is 5.41 Å². The summed E-state index contributed by atoms with van der Waals surface area (Å²) in [5.74, 6) is 0.984. The van der Waals surface area contributed by atoms with E-state index in [4.69, 9.17) is 10.5 Å². The minimum absolute atomic E-state index is 0.107. The van der Waals surface area contributed by atoms with Crippen LogP contribution in [0.25, 0.3) is 0 Å². The molecule has 1 aliphatic carbocycles. The Morgan fingerprint density at radius 3 is 2.42 bits per heavy atom. The van der Waals surface area contributed by atoms with Crippen LogP contribution in [0.4, 0.5) is 5.69 Å². The predicted molar refractivity (Wildman–Crippen MR) is 81.1 cm³/mol. The van der Waals surface area contributed by atoms with Crippen LogP contribution in [0.5, 0.6) is 5.75 Å². The SMILES string of the molecule is COc1ccc(N(C)C)cc1C1(CN)CCCCC1. The third-order valence-electron chi connectivity index (χ3n) is 4.47. The van der Waals surface area contributed by atoms with E-state index in [2.05, 4.69) is 37.2 Å². The number of benzene rings is 1. The molecule has 2 rings (SSSR count). The predicted octanol–water partition coefficient (Wildman–Crippen LogP) is 2.92. The minimum Gasteiger partial charge on any atom is -0.496 e. The molecule has 106 valence electrons. The molecular formula is C16H26N2O. The smallest absolute Gasteiger partial charge is 0.122 e. The van der Waals surface area contributed by atoms with Gasteiger partial charge in [0.2, 0.25) is 0 Å². The quantitative estimate of drug-likeness (QED) is 0.906. The molecule has 1 fully saturated rings. The van der Waals surface area contributed by atoms with Gasteiger partial charge in [0.05, 0.1) is 7.11 Å². The molecule has 0 spiro atoms. The van der Waals surface area contributed by atoms with Crippen molar-refractivity contribution >= 4 is 5.69 Å². The first kappa shape index (κ1) is 14.2. The lowest BCUT2D eigenvalue weighted by Gasteiger charge is -2.38. The second-order valence-corrected chi connectivity index (χ2v) is 5.82. The number of ether oxygens (including phenoxy) is 1. The van der Waals surface area contributed by atoms with Gasteiger partial charge in [0, 0.05) is 37.3 Å². The van der Waals surface area contributed by atoms with Crippen molar-refractivity contribution in [2.45, 2.75) is 37.5 Å². The van der Waals surface area contributed by atoms with Crippen molar-refractivity contribution in [3.05, 3.63) is 23.8 Å². The Labute approximate surface area is 116 Å². The first-order valence-electron chi connectivity index (χ1n) is 7.19. The van der Waals surface area contributed by atoms with E-state index in [1.165, 1.54) is 43.4 Å². The van der Waals surface area contributed by atoms with Gasteiger partial charge in [0.25, 0.3) is 0 Å². The summed E-state index contributed by atoms with van der Waals surface area (Å²) in [4.78, 5) is 2.13. The average Bonchev–Trinajstić information content (AvgIpc) is 2.47. The average molecular weight is 262 g/mol. The maximum Gasteiger partial charge on any atom is 0.122 e. The summed E-state index contributed by atoms with van der Waals surface area (Å²) < 4.78 is 5.59. The topological polar surface area (TPSA) is 38.5 Å². The third-order valence-corrected chi connectivity index (χ3v) is 4.47. The molecule has 1 aromatic rings. The molecule has 0 aromatic heterocycles. The van der Waals surface area contributed by atoms with Gasteiger partial charge in [0.15, 0.2) is 0 Å². The molecule has 0 radical (unpaired) electrons. The fourth-order valence-corrected chi connectivity index (χ4v) is 3.20. The van der Waals surface area contributed by atoms with Crippen molar-refractivity contribution in [1.82, 2.24) is 0 Å². The Hall–Kier alpha value is -1.22. The zero-order valence-electron chi connectivity index (χ0n) is 12.4. The van der Waals surface area contributed by atoms with Gasteiger partial charge in [-0.25, -0.2) is 0 Å². The highest BCUT2D eigenvalue weighted by molar-refractivity contribution is 5.55. The number of hydrogen-bond donors (Lipinski definition) is 1. The van der Waals surface area contributed by atoms with Crippen molar-refractivity contribution < 1.29 is 4.74 Å². The minimum atomic E-state index is 0.107. The highest BCUT2D eigenvalue weighted by Crippen LogP contribution is 2.43. The summed E-state index contributed by atoms with van der Waals surface area (Å²) >= 11 is 0. The van der Waals surface area contributed by atoms with Gasteiger partial charge < -0.3 is 15.4 Å². The summed E-state index contributed by atoms with van der Waals surface area (Å²) in [6.07, 6.45) is 6.23. The highest BCUT2D eigenvalue weighted by Gasteiger charge is 2.35. The van der Waals surface area contributed by atoms with Gasteiger partial charge in [-0.05, 0) is 31.0 Å². The Morgan fingerprint density at radius 2 is 1.89 bits per heavy atom. The number of nitrogens with zero attached hydrogens (tertiary/aromatic N) is 1. The van der Waals surface area contributed by atoms with E-state index in [0.717, 1.165) is 5.75 Å². The van der Waals surface area contributed by atoms with Gasteiger partial charge in [0.1, 0.15) is 5.75 Å². The zero-order valence-corrected chi connectivity index (χ0v) is 12.4. The molecule has 0 amide bonds. The lowest BCUT2D eigenvalue weighted by atomic mass is 9.69. The summed E-state index contributed by atoms with van der Waals surface area (Å²) in [6, 6.07) is 6.45. The van der Waals surface area contributed by atoms with Crippen LogP contribution in [0, 0.1) is 0 Å². The summed E-state index contributed by atoms with van der Waals surface area (Å²) in [6.45, 7) is 0.709. The lowest BCUT2D eigenvalue weighted by molar-refractivity contribution is 0.288. The van der Waals surface area contributed by atoms with Gasteiger partial charge >= 0.3 is 0 Å². The van der Waals surface area contributed by atoms with Crippen LogP contribution in [0.3, 0.4) is 0 Å². The number of hydrogen-bond acceptors (Lipinski definition) is 3. The molecule has 1 aliphatic rings. The monoisotopic (exact) mass is 262 g/mol. The number of anilines is 1. The van der Waals surface area contributed by atoms with E-state index in [9.17, 15) is 0 Å². The van der Waals surface area contributed by atoms with Gasteiger partial charge in [-0.2, -0.15) is 0 Å². The largest absolute Gasteiger partial charge is 0.496 e. The van der Waals surface area contributed by atoms with Crippen LogP contribution in [0.1, 0.15) is 37.7 Å². The summed E-state index contributed by atoms with van der Waals surface area (Å²) in [5.41, 5.74) is 8.77. The fourth-order valence-electron chi connectivity index (χ4n) is 3.20. The lowest BCUT2D eigenvalue weighted by Crippen LogP contribution is -2.37. The maximum atomic E-state index is 6.15. The molecule has 0 unspecified atom stereocenters. The fraction of sp³-hybridized carbons (Fsp3) is 0.625. The van der Waals surface area contributed by atoms with Crippen molar-refractivity contribution in [1.29, 1.82) is 0 Å². The molecule has 1 aromatic carbocycles. The number of methoxy groups -OCH3 is 1. The number of nitrogens with two attached hydrogens (primary N) is 1. The standard InChI is InChI=1S/C16H26N2O/c1-18(2)13-7-8-15(19-3)14(11-13)16(12-17)9-5-4-6-10-16/h7-8,11H,4-6,9-10,12,17H2,1-3H3. The van der Waals surface area contributed by atoms with Crippen LogP contribution in [0.15, 0.2) is 18.2 Å². The Bertz CT molecular complexity index is 423.